The lowest BCUT2D eigenvalue weighted by molar-refractivity contribution is 0.475. The number of aromatic nitrogens is 2. The number of hydrogen-bond acceptors (Lipinski definition) is 6. The molecule has 2 aromatic carbocycles. The molecule has 0 unspecified atom stereocenters. The molecule has 0 amide bonds. The molecule has 0 aliphatic heterocycles. The van der Waals surface area contributed by atoms with Crippen molar-refractivity contribution in [3.05, 3.63) is 70.8 Å². The smallest absolute Gasteiger partial charge is 0.159 e. The zero-order valence-electron chi connectivity index (χ0n) is 13.4. The van der Waals surface area contributed by atoms with Crippen molar-refractivity contribution >= 4 is 45.2 Å². The van der Waals surface area contributed by atoms with E-state index in [-0.39, 0.29) is 5.75 Å². The third-order valence-corrected chi connectivity index (χ3v) is 4.94. The van der Waals surface area contributed by atoms with Gasteiger partial charge in [-0.15, -0.1) is 11.3 Å². The Bertz CT molecular complexity index is 1080. The van der Waals surface area contributed by atoms with Gasteiger partial charge in [0.15, 0.2) is 5.82 Å². The number of hydrogen-bond donors (Lipinski definition) is 2. The van der Waals surface area contributed by atoms with Crippen LogP contribution in [0, 0.1) is 0 Å². The van der Waals surface area contributed by atoms with Gasteiger partial charge in [0.2, 0.25) is 0 Å². The molecule has 0 saturated heterocycles. The van der Waals surface area contributed by atoms with Crippen LogP contribution in [0.25, 0.3) is 21.3 Å². The second-order valence-corrected chi connectivity index (χ2v) is 6.81. The first kappa shape index (κ1) is 16.5. The minimum atomic E-state index is 0.221. The lowest BCUT2D eigenvalue weighted by Gasteiger charge is -2.05. The molecule has 2 N–H and O–H groups in total. The molecule has 2 heterocycles. The van der Waals surface area contributed by atoms with E-state index in [9.17, 15) is 5.11 Å². The first-order valence-corrected chi connectivity index (χ1v) is 9.03. The predicted molar refractivity (Wildman–Crippen MR) is 107 cm³/mol. The van der Waals surface area contributed by atoms with Crippen LogP contribution in [-0.2, 0) is 0 Å². The van der Waals surface area contributed by atoms with E-state index in [2.05, 4.69) is 25.9 Å². The lowest BCUT2D eigenvalue weighted by atomic mass is 10.1. The molecule has 0 aliphatic carbocycles. The van der Waals surface area contributed by atoms with Gasteiger partial charge in [0, 0.05) is 16.0 Å². The van der Waals surface area contributed by atoms with Crippen molar-refractivity contribution in [2.75, 3.05) is 5.43 Å². The fraction of sp³-hybridized carbons (Fsp3) is 0. The molecule has 128 valence electrons. The van der Waals surface area contributed by atoms with Crippen LogP contribution < -0.4 is 5.43 Å². The standard InChI is InChI=1S/C19H13ClN4OS/c20-14-5-3-13(4-6-14)16-10-26-19-17(16)18(21-11-22-19)24-23-9-12-1-7-15(25)8-2-12/h1-11,25H,(H,21,22,24)/b23-9-. The molecule has 0 fully saturated rings. The normalized spacial score (nSPS) is 11.3. The summed E-state index contributed by atoms with van der Waals surface area (Å²) in [6.07, 6.45) is 3.19. The number of anilines is 1. The molecule has 4 rings (SSSR count). The highest BCUT2D eigenvalue weighted by Crippen LogP contribution is 2.36. The molecule has 26 heavy (non-hydrogen) atoms. The van der Waals surface area contributed by atoms with E-state index < -0.39 is 0 Å². The second-order valence-electron chi connectivity index (χ2n) is 5.52. The van der Waals surface area contributed by atoms with Crippen LogP contribution in [0.15, 0.2) is 65.3 Å². The summed E-state index contributed by atoms with van der Waals surface area (Å²) >= 11 is 7.54. The summed E-state index contributed by atoms with van der Waals surface area (Å²) in [5.74, 6) is 0.856. The zero-order chi connectivity index (χ0) is 17.9. The van der Waals surface area contributed by atoms with Gasteiger partial charge in [0.25, 0.3) is 0 Å². The van der Waals surface area contributed by atoms with Crippen LogP contribution >= 0.6 is 22.9 Å². The van der Waals surface area contributed by atoms with E-state index in [1.54, 1.807) is 41.8 Å². The number of benzene rings is 2. The SMILES string of the molecule is Oc1ccc(/C=N\Nc2ncnc3scc(-c4ccc(Cl)cc4)c23)cc1. The summed E-state index contributed by atoms with van der Waals surface area (Å²) in [7, 11) is 0. The van der Waals surface area contributed by atoms with Crippen LogP contribution in [-0.4, -0.2) is 21.3 Å². The Morgan fingerprint density at radius 2 is 1.81 bits per heavy atom. The fourth-order valence-electron chi connectivity index (χ4n) is 2.53. The van der Waals surface area contributed by atoms with E-state index in [0.717, 1.165) is 26.9 Å². The molecule has 0 radical (unpaired) electrons. The molecule has 0 spiro atoms. The van der Waals surface area contributed by atoms with Crippen molar-refractivity contribution in [2.45, 2.75) is 0 Å². The Hall–Kier alpha value is -2.96. The fourth-order valence-corrected chi connectivity index (χ4v) is 3.57. The maximum Gasteiger partial charge on any atom is 0.159 e. The molecule has 0 aliphatic rings. The molecule has 7 heteroatoms. The van der Waals surface area contributed by atoms with Gasteiger partial charge in [-0.1, -0.05) is 23.7 Å². The van der Waals surface area contributed by atoms with Crippen molar-refractivity contribution < 1.29 is 5.11 Å². The van der Waals surface area contributed by atoms with Crippen LogP contribution in [0.1, 0.15) is 5.56 Å². The molecular weight excluding hydrogens is 368 g/mol. The van der Waals surface area contributed by atoms with Gasteiger partial charge in [-0.25, -0.2) is 9.97 Å². The number of thiophene rings is 1. The largest absolute Gasteiger partial charge is 0.508 e. The van der Waals surface area contributed by atoms with E-state index in [1.807, 2.05) is 24.3 Å². The number of rotatable bonds is 4. The number of aromatic hydroxyl groups is 1. The average molecular weight is 381 g/mol. The Labute approximate surface area is 158 Å². The van der Waals surface area contributed by atoms with Gasteiger partial charge in [-0.3, -0.25) is 5.43 Å². The average Bonchev–Trinajstić information content (AvgIpc) is 3.09. The maximum absolute atomic E-state index is 9.33. The van der Waals surface area contributed by atoms with E-state index in [1.165, 1.54) is 6.33 Å². The Kier molecular flexibility index (Phi) is 4.51. The second kappa shape index (κ2) is 7.11. The quantitative estimate of drug-likeness (QED) is 0.379. The minimum Gasteiger partial charge on any atom is -0.508 e. The summed E-state index contributed by atoms with van der Waals surface area (Å²) in [4.78, 5) is 9.56. The van der Waals surface area contributed by atoms with Gasteiger partial charge < -0.3 is 5.11 Å². The van der Waals surface area contributed by atoms with E-state index in [0.29, 0.717) is 10.8 Å². The van der Waals surface area contributed by atoms with Gasteiger partial charge >= 0.3 is 0 Å². The van der Waals surface area contributed by atoms with Gasteiger partial charge in [-0.2, -0.15) is 5.10 Å². The highest BCUT2D eigenvalue weighted by molar-refractivity contribution is 7.17. The first-order chi connectivity index (χ1) is 12.7. The van der Waals surface area contributed by atoms with E-state index >= 15 is 0 Å². The molecule has 2 aromatic heterocycles. The van der Waals surface area contributed by atoms with Crippen LogP contribution in [0.5, 0.6) is 5.75 Å². The number of phenols is 1. The highest BCUT2D eigenvalue weighted by atomic mass is 35.5. The summed E-state index contributed by atoms with van der Waals surface area (Å²) in [5.41, 5.74) is 5.93. The zero-order valence-corrected chi connectivity index (χ0v) is 15.0. The van der Waals surface area contributed by atoms with Crippen molar-refractivity contribution in [1.29, 1.82) is 0 Å². The third kappa shape index (κ3) is 3.37. The number of hydrazone groups is 1. The molecule has 0 atom stereocenters. The number of fused-ring (bicyclic) bond motifs is 1. The molecule has 0 saturated carbocycles. The Morgan fingerprint density at radius 1 is 1.04 bits per heavy atom. The number of halogens is 1. The van der Waals surface area contributed by atoms with E-state index in [4.69, 9.17) is 11.6 Å². The molecular formula is C19H13ClN4OS. The first-order valence-electron chi connectivity index (χ1n) is 7.77. The molecule has 0 bridgehead atoms. The number of nitrogens with one attached hydrogen (secondary N) is 1. The monoisotopic (exact) mass is 380 g/mol. The van der Waals surface area contributed by atoms with Crippen LogP contribution in [0.2, 0.25) is 5.02 Å². The van der Waals surface area contributed by atoms with Crippen molar-refractivity contribution in [3.63, 3.8) is 0 Å². The highest BCUT2D eigenvalue weighted by Gasteiger charge is 2.12. The topological polar surface area (TPSA) is 70.4 Å². The van der Waals surface area contributed by atoms with Crippen molar-refractivity contribution in [3.8, 4) is 16.9 Å². The minimum absolute atomic E-state index is 0.221. The Morgan fingerprint density at radius 3 is 2.58 bits per heavy atom. The van der Waals surface area contributed by atoms with Gasteiger partial charge in [-0.05, 0) is 47.5 Å². The van der Waals surface area contributed by atoms with Gasteiger partial charge in [0.1, 0.15) is 16.9 Å². The van der Waals surface area contributed by atoms with Crippen LogP contribution in [0.3, 0.4) is 0 Å². The number of nitrogens with zero attached hydrogens (tertiary/aromatic N) is 3. The molecule has 4 aromatic rings. The Balaban J connectivity index is 1.67. The third-order valence-electron chi connectivity index (χ3n) is 3.80. The van der Waals surface area contributed by atoms with Crippen LogP contribution in [0.4, 0.5) is 5.82 Å². The summed E-state index contributed by atoms with van der Waals surface area (Å²) < 4.78 is 0. The lowest BCUT2D eigenvalue weighted by Crippen LogP contribution is -1.95. The maximum atomic E-state index is 9.33. The van der Waals surface area contributed by atoms with Crippen molar-refractivity contribution in [2.24, 2.45) is 5.10 Å². The summed E-state index contributed by atoms with van der Waals surface area (Å²) in [5, 5.41) is 17.3. The summed E-state index contributed by atoms with van der Waals surface area (Å²) in [6.45, 7) is 0. The summed E-state index contributed by atoms with van der Waals surface area (Å²) in [6, 6.07) is 14.4. The van der Waals surface area contributed by atoms with Crippen molar-refractivity contribution in [1.82, 2.24) is 9.97 Å². The molecule has 5 nitrogen and oxygen atoms in total. The number of phenolic OH excluding ortho intramolecular Hbond substituents is 1. The van der Waals surface area contributed by atoms with Gasteiger partial charge in [0.05, 0.1) is 11.6 Å². The predicted octanol–water partition coefficient (Wildman–Crippen LogP) is 5.16.